The van der Waals surface area contributed by atoms with Crippen LogP contribution in [0.3, 0.4) is 0 Å². The van der Waals surface area contributed by atoms with Gasteiger partial charge in [0.2, 0.25) is 5.13 Å². The molecule has 68 valence electrons. The molecule has 3 N–H and O–H groups in total. The van der Waals surface area contributed by atoms with Crippen LogP contribution in [0.25, 0.3) is 0 Å². The van der Waals surface area contributed by atoms with Crippen molar-refractivity contribution in [2.75, 3.05) is 5.32 Å². The van der Waals surface area contributed by atoms with Crippen LogP contribution in [-0.4, -0.2) is 21.8 Å². The van der Waals surface area contributed by atoms with E-state index >= 15 is 0 Å². The van der Waals surface area contributed by atoms with Crippen LogP contribution in [0.4, 0.5) is 5.13 Å². The average Bonchev–Trinajstić information content (AvgIpc) is 2.38. The molecule has 4 nitrogen and oxygen atoms in total. The summed E-state index contributed by atoms with van der Waals surface area (Å²) >= 11 is 1.48. The fourth-order valence-corrected chi connectivity index (χ4v) is 1.23. The monoisotopic (exact) mass is 186 g/mol. The van der Waals surface area contributed by atoms with E-state index < -0.39 is 0 Å². The summed E-state index contributed by atoms with van der Waals surface area (Å²) in [5, 5.41) is 11.7. The molecule has 5 heteroatoms. The summed E-state index contributed by atoms with van der Waals surface area (Å²) in [6.45, 7) is 6.05. The highest BCUT2D eigenvalue weighted by Crippen LogP contribution is 2.17. The third-order valence-electron chi connectivity index (χ3n) is 1.93. The minimum Gasteiger partial charge on any atom is -0.354 e. The maximum atomic E-state index is 5.78. The van der Waals surface area contributed by atoms with E-state index in [9.17, 15) is 0 Å². The molecule has 0 aliphatic rings. The number of nitrogens with one attached hydrogen (secondary N) is 1. The Morgan fingerprint density at radius 3 is 2.75 bits per heavy atom. The van der Waals surface area contributed by atoms with E-state index in [1.165, 1.54) is 11.3 Å². The minimum atomic E-state index is -0.139. The van der Waals surface area contributed by atoms with Gasteiger partial charge in [-0.15, -0.1) is 10.2 Å². The Bertz CT molecular complexity index is 230. The van der Waals surface area contributed by atoms with Gasteiger partial charge in [-0.1, -0.05) is 11.3 Å². The largest absolute Gasteiger partial charge is 0.354 e. The summed E-state index contributed by atoms with van der Waals surface area (Å²) in [4.78, 5) is 0. The molecular weight excluding hydrogens is 172 g/mol. The second-order valence-electron chi connectivity index (χ2n) is 3.38. The van der Waals surface area contributed by atoms with Crippen molar-refractivity contribution in [3.05, 3.63) is 5.51 Å². The zero-order valence-electron chi connectivity index (χ0n) is 7.53. The van der Waals surface area contributed by atoms with Gasteiger partial charge in [-0.05, 0) is 20.8 Å². The van der Waals surface area contributed by atoms with Gasteiger partial charge in [0.15, 0.2) is 0 Å². The smallest absolute Gasteiger partial charge is 0.205 e. The summed E-state index contributed by atoms with van der Waals surface area (Å²) in [5.41, 5.74) is 7.34. The number of rotatable bonds is 3. The molecular formula is C7H14N4S. The molecule has 0 saturated heterocycles. The van der Waals surface area contributed by atoms with Crippen LogP contribution < -0.4 is 11.1 Å². The molecule has 0 saturated carbocycles. The van der Waals surface area contributed by atoms with Gasteiger partial charge in [-0.25, -0.2) is 0 Å². The molecule has 0 amide bonds. The number of nitrogens with zero attached hydrogens (tertiary/aromatic N) is 2. The van der Waals surface area contributed by atoms with Crippen LogP contribution in [0.15, 0.2) is 5.51 Å². The van der Waals surface area contributed by atoms with Crippen LogP contribution in [0.2, 0.25) is 0 Å². The molecule has 0 spiro atoms. The van der Waals surface area contributed by atoms with Crippen molar-refractivity contribution in [2.45, 2.75) is 32.4 Å². The molecule has 1 unspecified atom stereocenters. The van der Waals surface area contributed by atoms with Gasteiger partial charge in [0.25, 0.3) is 0 Å². The zero-order chi connectivity index (χ0) is 9.19. The van der Waals surface area contributed by atoms with E-state index in [1.54, 1.807) is 5.51 Å². The van der Waals surface area contributed by atoms with Gasteiger partial charge in [-0.3, -0.25) is 0 Å². The third kappa shape index (κ3) is 2.15. The first-order chi connectivity index (χ1) is 5.52. The number of hydrogen-bond acceptors (Lipinski definition) is 5. The fraction of sp³-hybridized carbons (Fsp3) is 0.714. The molecule has 1 aromatic heterocycles. The fourth-order valence-electron chi connectivity index (χ4n) is 0.617. The quantitative estimate of drug-likeness (QED) is 0.741. The van der Waals surface area contributed by atoms with Crippen molar-refractivity contribution < 1.29 is 0 Å². The van der Waals surface area contributed by atoms with E-state index in [1.807, 2.05) is 20.8 Å². The van der Waals surface area contributed by atoms with Gasteiger partial charge in [0.05, 0.1) is 0 Å². The van der Waals surface area contributed by atoms with Gasteiger partial charge >= 0.3 is 0 Å². The van der Waals surface area contributed by atoms with Crippen molar-refractivity contribution in [1.29, 1.82) is 0 Å². The molecule has 0 aliphatic heterocycles. The Morgan fingerprint density at radius 2 is 2.33 bits per heavy atom. The van der Waals surface area contributed by atoms with Crippen LogP contribution in [-0.2, 0) is 0 Å². The lowest BCUT2D eigenvalue weighted by Crippen LogP contribution is -2.47. The Hall–Kier alpha value is -0.680. The molecule has 0 bridgehead atoms. The average molecular weight is 186 g/mol. The first kappa shape index (κ1) is 9.41. The molecule has 1 aromatic rings. The first-order valence-corrected chi connectivity index (χ1v) is 4.70. The van der Waals surface area contributed by atoms with Crippen molar-refractivity contribution in [1.82, 2.24) is 10.2 Å². The highest BCUT2D eigenvalue weighted by Gasteiger charge is 2.23. The summed E-state index contributed by atoms with van der Waals surface area (Å²) in [7, 11) is 0. The van der Waals surface area contributed by atoms with Crippen molar-refractivity contribution in [3.63, 3.8) is 0 Å². The molecule has 1 heterocycles. The SMILES string of the molecule is CC(N)C(C)(C)Nc1nncs1. The van der Waals surface area contributed by atoms with Gasteiger partial charge in [0.1, 0.15) is 5.51 Å². The van der Waals surface area contributed by atoms with Gasteiger partial charge in [0, 0.05) is 11.6 Å². The zero-order valence-corrected chi connectivity index (χ0v) is 8.35. The predicted molar refractivity (Wildman–Crippen MR) is 51.3 cm³/mol. The summed E-state index contributed by atoms with van der Waals surface area (Å²) in [6, 6.07) is 0.0707. The molecule has 0 aromatic carbocycles. The van der Waals surface area contributed by atoms with Crippen molar-refractivity contribution in [3.8, 4) is 0 Å². The standard InChI is InChI=1S/C7H14N4S/c1-5(8)7(2,3)10-6-11-9-4-12-6/h4-5H,8H2,1-3H3,(H,10,11). The third-order valence-corrected chi connectivity index (χ3v) is 2.53. The highest BCUT2D eigenvalue weighted by molar-refractivity contribution is 7.13. The van der Waals surface area contributed by atoms with Crippen LogP contribution in [0, 0.1) is 0 Å². The van der Waals surface area contributed by atoms with E-state index in [4.69, 9.17) is 5.73 Å². The highest BCUT2D eigenvalue weighted by atomic mass is 32.1. The van der Waals surface area contributed by atoms with Crippen LogP contribution >= 0.6 is 11.3 Å². The van der Waals surface area contributed by atoms with E-state index in [-0.39, 0.29) is 11.6 Å². The second-order valence-corrected chi connectivity index (χ2v) is 4.21. The Kier molecular flexibility index (Phi) is 2.64. The Labute approximate surface area is 76.2 Å². The maximum Gasteiger partial charge on any atom is 0.205 e. The van der Waals surface area contributed by atoms with Crippen molar-refractivity contribution in [2.24, 2.45) is 5.73 Å². The Balaban J connectivity index is 2.62. The predicted octanol–water partition coefficient (Wildman–Crippen LogP) is 1.08. The summed E-state index contributed by atoms with van der Waals surface area (Å²) in [5.74, 6) is 0. The molecule has 0 aliphatic carbocycles. The lowest BCUT2D eigenvalue weighted by Gasteiger charge is -2.29. The number of hydrogen-bond donors (Lipinski definition) is 2. The number of aromatic nitrogens is 2. The molecule has 0 fully saturated rings. The lowest BCUT2D eigenvalue weighted by molar-refractivity contribution is 0.470. The van der Waals surface area contributed by atoms with Crippen LogP contribution in [0.5, 0.6) is 0 Å². The molecule has 1 rings (SSSR count). The normalized spacial score (nSPS) is 14.3. The van der Waals surface area contributed by atoms with Crippen molar-refractivity contribution >= 4 is 16.5 Å². The van der Waals surface area contributed by atoms with Gasteiger partial charge in [-0.2, -0.15) is 0 Å². The maximum absolute atomic E-state index is 5.78. The van der Waals surface area contributed by atoms with E-state index in [0.717, 1.165) is 5.13 Å². The van der Waals surface area contributed by atoms with Crippen LogP contribution in [0.1, 0.15) is 20.8 Å². The summed E-state index contributed by atoms with van der Waals surface area (Å²) < 4.78 is 0. The number of nitrogens with two attached hydrogens (primary N) is 1. The van der Waals surface area contributed by atoms with E-state index in [2.05, 4.69) is 15.5 Å². The minimum absolute atomic E-state index is 0.0707. The van der Waals surface area contributed by atoms with E-state index in [0.29, 0.717) is 0 Å². The first-order valence-electron chi connectivity index (χ1n) is 3.82. The topological polar surface area (TPSA) is 63.8 Å². The summed E-state index contributed by atoms with van der Waals surface area (Å²) in [6.07, 6.45) is 0. The van der Waals surface area contributed by atoms with Gasteiger partial charge < -0.3 is 11.1 Å². The lowest BCUT2D eigenvalue weighted by atomic mass is 9.97. The molecule has 0 radical (unpaired) electrons. The molecule has 12 heavy (non-hydrogen) atoms. The second kappa shape index (κ2) is 3.37. The Morgan fingerprint density at radius 1 is 1.67 bits per heavy atom. The molecule has 1 atom stereocenters. The number of anilines is 1.